The summed E-state index contributed by atoms with van der Waals surface area (Å²) in [4.78, 5) is 0. The fourth-order valence-corrected chi connectivity index (χ4v) is 3.77. The van der Waals surface area contributed by atoms with Gasteiger partial charge in [-0.2, -0.15) is 11.8 Å². The number of thioether (sulfide) groups is 1. The Kier molecular flexibility index (Phi) is 3.78. The highest BCUT2D eigenvalue weighted by Gasteiger charge is 2.41. The van der Waals surface area contributed by atoms with Crippen molar-refractivity contribution < 1.29 is 0 Å². The highest BCUT2D eigenvalue weighted by molar-refractivity contribution is 7.98. The van der Waals surface area contributed by atoms with Crippen LogP contribution in [0, 0.1) is 17.8 Å². The van der Waals surface area contributed by atoms with Gasteiger partial charge in [-0.25, -0.2) is 0 Å². The van der Waals surface area contributed by atoms with Gasteiger partial charge in [-0.1, -0.05) is 6.42 Å². The van der Waals surface area contributed by atoms with E-state index in [9.17, 15) is 0 Å². The number of nitrogens with one attached hydrogen (secondary N) is 1. The summed E-state index contributed by atoms with van der Waals surface area (Å²) in [6.45, 7) is 3.59. The molecule has 0 spiro atoms. The maximum atomic E-state index is 3.69. The van der Waals surface area contributed by atoms with Crippen molar-refractivity contribution in [3.8, 4) is 0 Å². The summed E-state index contributed by atoms with van der Waals surface area (Å²) in [6.07, 6.45) is 8.28. The van der Waals surface area contributed by atoms with Crippen LogP contribution >= 0.6 is 11.8 Å². The first kappa shape index (κ1) is 10.8. The van der Waals surface area contributed by atoms with E-state index in [2.05, 4.69) is 18.5 Å². The first-order chi connectivity index (χ1) is 6.81. The van der Waals surface area contributed by atoms with Crippen LogP contribution in [0.1, 0.15) is 32.6 Å². The van der Waals surface area contributed by atoms with E-state index in [1.807, 2.05) is 11.8 Å². The zero-order valence-corrected chi connectivity index (χ0v) is 10.3. The number of rotatable bonds is 5. The molecule has 0 aromatic carbocycles. The van der Waals surface area contributed by atoms with E-state index in [0.717, 1.165) is 23.8 Å². The monoisotopic (exact) mass is 213 g/mol. The third kappa shape index (κ3) is 2.27. The van der Waals surface area contributed by atoms with E-state index in [0.29, 0.717) is 0 Å². The van der Waals surface area contributed by atoms with Gasteiger partial charge in [0.2, 0.25) is 0 Å². The Morgan fingerprint density at radius 1 is 1.36 bits per heavy atom. The van der Waals surface area contributed by atoms with Crippen LogP contribution in [-0.4, -0.2) is 24.6 Å². The lowest BCUT2D eigenvalue weighted by atomic mass is 9.84. The standard InChI is InChI=1S/C12H23NS/c1-9(13-5-6-14-2)12-8-10-3-4-11(12)7-10/h9-13H,3-8H2,1-2H3. The van der Waals surface area contributed by atoms with E-state index in [1.54, 1.807) is 6.42 Å². The van der Waals surface area contributed by atoms with Crippen LogP contribution in [0.3, 0.4) is 0 Å². The second-order valence-corrected chi connectivity index (χ2v) is 6.06. The average Bonchev–Trinajstić information content (AvgIpc) is 2.79. The van der Waals surface area contributed by atoms with Crippen molar-refractivity contribution in [1.29, 1.82) is 0 Å². The Morgan fingerprint density at radius 2 is 2.21 bits per heavy atom. The van der Waals surface area contributed by atoms with Gasteiger partial charge in [0, 0.05) is 18.3 Å². The maximum absolute atomic E-state index is 3.69. The minimum atomic E-state index is 0.762. The van der Waals surface area contributed by atoms with Gasteiger partial charge in [0.15, 0.2) is 0 Å². The van der Waals surface area contributed by atoms with Gasteiger partial charge in [-0.05, 0) is 50.2 Å². The Hall–Kier alpha value is 0.310. The van der Waals surface area contributed by atoms with Gasteiger partial charge < -0.3 is 5.32 Å². The van der Waals surface area contributed by atoms with Crippen molar-refractivity contribution >= 4 is 11.8 Å². The summed E-state index contributed by atoms with van der Waals surface area (Å²) in [5.41, 5.74) is 0. The maximum Gasteiger partial charge on any atom is 0.00700 e. The van der Waals surface area contributed by atoms with E-state index in [1.165, 1.54) is 31.6 Å². The number of hydrogen-bond donors (Lipinski definition) is 1. The summed E-state index contributed by atoms with van der Waals surface area (Å²) in [5, 5.41) is 3.69. The Bertz CT molecular complexity index is 183. The lowest BCUT2D eigenvalue weighted by Gasteiger charge is -2.28. The molecule has 2 heteroatoms. The first-order valence-electron chi connectivity index (χ1n) is 6.03. The molecule has 2 aliphatic carbocycles. The lowest BCUT2D eigenvalue weighted by molar-refractivity contribution is 0.263. The van der Waals surface area contributed by atoms with Crippen molar-refractivity contribution in [1.82, 2.24) is 5.32 Å². The van der Waals surface area contributed by atoms with Crippen LogP contribution in [0.15, 0.2) is 0 Å². The summed E-state index contributed by atoms with van der Waals surface area (Å²) in [6, 6.07) is 0.762. The zero-order valence-electron chi connectivity index (χ0n) is 9.46. The minimum Gasteiger partial charge on any atom is -0.313 e. The SMILES string of the molecule is CSCCNC(C)C1CC2CCC1C2. The Balaban J connectivity index is 1.72. The molecule has 0 radical (unpaired) electrons. The van der Waals surface area contributed by atoms with Gasteiger partial charge >= 0.3 is 0 Å². The van der Waals surface area contributed by atoms with E-state index in [-0.39, 0.29) is 0 Å². The van der Waals surface area contributed by atoms with Gasteiger partial charge in [0.05, 0.1) is 0 Å². The number of fused-ring (bicyclic) bond motifs is 2. The van der Waals surface area contributed by atoms with Crippen molar-refractivity contribution in [2.24, 2.45) is 17.8 Å². The molecule has 2 rings (SSSR count). The third-order valence-corrected chi connectivity index (χ3v) is 4.82. The minimum absolute atomic E-state index is 0.762. The molecule has 2 aliphatic rings. The van der Waals surface area contributed by atoms with Crippen LogP contribution in [-0.2, 0) is 0 Å². The van der Waals surface area contributed by atoms with Crippen LogP contribution in [0.25, 0.3) is 0 Å². The zero-order chi connectivity index (χ0) is 9.97. The third-order valence-electron chi connectivity index (χ3n) is 4.21. The molecule has 0 amide bonds. The highest BCUT2D eigenvalue weighted by Crippen LogP contribution is 2.49. The van der Waals surface area contributed by atoms with Crippen LogP contribution in [0.2, 0.25) is 0 Å². The molecule has 0 aliphatic heterocycles. The Labute approximate surface area is 92.4 Å². The van der Waals surface area contributed by atoms with E-state index < -0.39 is 0 Å². The fraction of sp³-hybridized carbons (Fsp3) is 1.00. The topological polar surface area (TPSA) is 12.0 Å². The largest absolute Gasteiger partial charge is 0.313 e. The second-order valence-electron chi connectivity index (χ2n) is 5.07. The van der Waals surface area contributed by atoms with Crippen molar-refractivity contribution in [3.63, 3.8) is 0 Å². The quantitative estimate of drug-likeness (QED) is 0.705. The number of hydrogen-bond acceptors (Lipinski definition) is 2. The lowest BCUT2D eigenvalue weighted by Crippen LogP contribution is -2.37. The summed E-state index contributed by atoms with van der Waals surface area (Å²) >= 11 is 1.94. The molecule has 0 saturated heterocycles. The smallest absolute Gasteiger partial charge is 0.00700 e. The van der Waals surface area contributed by atoms with Crippen molar-refractivity contribution in [3.05, 3.63) is 0 Å². The molecule has 14 heavy (non-hydrogen) atoms. The molecule has 82 valence electrons. The molecule has 4 unspecified atom stereocenters. The van der Waals surface area contributed by atoms with Crippen molar-refractivity contribution in [2.45, 2.75) is 38.6 Å². The Morgan fingerprint density at radius 3 is 2.79 bits per heavy atom. The molecule has 2 saturated carbocycles. The van der Waals surface area contributed by atoms with Crippen LogP contribution in [0.4, 0.5) is 0 Å². The van der Waals surface area contributed by atoms with E-state index >= 15 is 0 Å². The summed E-state index contributed by atoms with van der Waals surface area (Å²) in [5.74, 6) is 4.41. The summed E-state index contributed by atoms with van der Waals surface area (Å²) in [7, 11) is 0. The molecule has 1 nitrogen and oxygen atoms in total. The average molecular weight is 213 g/mol. The van der Waals surface area contributed by atoms with Crippen LogP contribution < -0.4 is 5.32 Å². The molecule has 1 N–H and O–H groups in total. The summed E-state index contributed by atoms with van der Waals surface area (Å²) < 4.78 is 0. The molecule has 0 aromatic heterocycles. The molecule has 4 atom stereocenters. The van der Waals surface area contributed by atoms with Gasteiger partial charge in [-0.15, -0.1) is 0 Å². The molecule has 2 fully saturated rings. The fourth-order valence-electron chi connectivity index (χ4n) is 3.45. The highest BCUT2D eigenvalue weighted by atomic mass is 32.2. The predicted molar refractivity (Wildman–Crippen MR) is 64.8 cm³/mol. The molecule has 0 aromatic rings. The first-order valence-corrected chi connectivity index (χ1v) is 7.43. The molecule has 0 heterocycles. The second kappa shape index (κ2) is 4.89. The van der Waals surface area contributed by atoms with Gasteiger partial charge in [0.25, 0.3) is 0 Å². The van der Waals surface area contributed by atoms with Gasteiger partial charge in [-0.3, -0.25) is 0 Å². The van der Waals surface area contributed by atoms with Crippen LogP contribution in [0.5, 0.6) is 0 Å². The predicted octanol–water partition coefficient (Wildman–Crippen LogP) is 2.76. The molecular formula is C12H23NS. The molecular weight excluding hydrogens is 190 g/mol. The molecule has 2 bridgehead atoms. The van der Waals surface area contributed by atoms with E-state index in [4.69, 9.17) is 0 Å². The van der Waals surface area contributed by atoms with Gasteiger partial charge in [0.1, 0.15) is 0 Å². The van der Waals surface area contributed by atoms with Crippen molar-refractivity contribution in [2.75, 3.05) is 18.6 Å². The normalized spacial score (nSPS) is 37.7.